The van der Waals surface area contributed by atoms with Crippen LogP contribution >= 0.6 is 0 Å². The molecule has 0 spiro atoms. The third kappa shape index (κ3) is 4.12. The summed E-state index contributed by atoms with van der Waals surface area (Å²) < 4.78 is 12.9. The van der Waals surface area contributed by atoms with Crippen molar-refractivity contribution in [3.63, 3.8) is 0 Å². The van der Waals surface area contributed by atoms with Crippen LogP contribution in [-0.4, -0.2) is 47.9 Å². The third-order valence-electron chi connectivity index (χ3n) is 4.17. The molecule has 1 aromatic carbocycles. The number of piperazine rings is 1. The van der Waals surface area contributed by atoms with Gasteiger partial charge in [-0.25, -0.2) is 9.37 Å². The van der Waals surface area contributed by atoms with E-state index < -0.39 is 0 Å². The van der Waals surface area contributed by atoms with Gasteiger partial charge in [-0.1, -0.05) is 0 Å². The summed E-state index contributed by atoms with van der Waals surface area (Å²) in [6.07, 6.45) is 1.66. The molecule has 3 rings (SSSR count). The van der Waals surface area contributed by atoms with E-state index in [1.54, 1.807) is 19.2 Å². The molecule has 1 aliphatic rings. The quantitative estimate of drug-likeness (QED) is 0.928. The SMILES string of the molecule is CC(=O)N1CCN(c2ccc(C(=O)Nc3ccc(F)cc3)nc2)CC1. The van der Waals surface area contributed by atoms with Crippen LogP contribution in [0.15, 0.2) is 42.6 Å². The first-order valence-corrected chi connectivity index (χ1v) is 8.06. The number of hydrogen-bond acceptors (Lipinski definition) is 4. The second-order valence-electron chi connectivity index (χ2n) is 5.86. The van der Waals surface area contributed by atoms with Crippen molar-refractivity contribution in [1.29, 1.82) is 0 Å². The fourth-order valence-corrected chi connectivity index (χ4v) is 2.72. The monoisotopic (exact) mass is 342 g/mol. The number of carbonyl (C=O) groups excluding carboxylic acids is 2. The van der Waals surface area contributed by atoms with Crippen LogP contribution in [-0.2, 0) is 4.79 Å². The Labute approximate surface area is 145 Å². The molecule has 2 amide bonds. The van der Waals surface area contributed by atoms with Crippen molar-refractivity contribution in [1.82, 2.24) is 9.88 Å². The average Bonchev–Trinajstić information content (AvgIpc) is 2.64. The molecule has 2 heterocycles. The summed E-state index contributed by atoms with van der Waals surface area (Å²) in [5.74, 6) is -0.615. The van der Waals surface area contributed by atoms with Crippen LogP contribution in [0.4, 0.5) is 15.8 Å². The number of rotatable bonds is 3. The van der Waals surface area contributed by atoms with Crippen molar-refractivity contribution in [2.45, 2.75) is 6.92 Å². The van der Waals surface area contributed by atoms with Gasteiger partial charge < -0.3 is 15.1 Å². The van der Waals surface area contributed by atoms with E-state index in [0.717, 1.165) is 18.8 Å². The zero-order valence-corrected chi connectivity index (χ0v) is 13.9. The molecule has 2 aromatic rings. The number of halogens is 1. The molecule has 6 nitrogen and oxygen atoms in total. The number of pyridine rings is 1. The lowest BCUT2D eigenvalue weighted by Crippen LogP contribution is -2.48. The molecule has 1 N–H and O–H groups in total. The van der Waals surface area contributed by atoms with Crippen LogP contribution in [0.1, 0.15) is 17.4 Å². The van der Waals surface area contributed by atoms with Gasteiger partial charge in [0, 0.05) is 38.8 Å². The van der Waals surface area contributed by atoms with Crippen molar-refractivity contribution >= 4 is 23.2 Å². The van der Waals surface area contributed by atoms with Gasteiger partial charge in [-0.05, 0) is 36.4 Å². The Morgan fingerprint density at radius 3 is 2.28 bits per heavy atom. The summed E-state index contributed by atoms with van der Waals surface area (Å²) in [6.45, 7) is 4.42. The number of aromatic nitrogens is 1. The number of nitrogens with one attached hydrogen (secondary N) is 1. The molecule has 1 fully saturated rings. The maximum atomic E-state index is 12.9. The molecular weight excluding hydrogens is 323 g/mol. The number of benzene rings is 1. The van der Waals surface area contributed by atoms with Gasteiger partial charge >= 0.3 is 0 Å². The lowest BCUT2D eigenvalue weighted by atomic mass is 10.2. The van der Waals surface area contributed by atoms with Crippen molar-refractivity contribution in [2.24, 2.45) is 0 Å². The lowest BCUT2D eigenvalue weighted by molar-refractivity contribution is -0.129. The Kier molecular flexibility index (Phi) is 4.92. The Balaban J connectivity index is 1.61. The molecule has 0 bridgehead atoms. The number of carbonyl (C=O) groups is 2. The molecule has 0 unspecified atom stereocenters. The van der Waals surface area contributed by atoms with Crippen molar-refractivity contribution in [3.05, 3.63) is 54.1 Å². The van der Waals surface area contributed by atoms with Crippen LogP contribution in [0.3, 0.4) is 0 Å². The average molecular weight is 342 g/mol. The van der Waals surface area contributed by atoms with Crippen LogP contribution < -0.4 is 10.2 Å². The summed E-state index contributed by atoms with van der Waals surface area (Å²) in [5.41, 5.74) is 1.72. The molecule has 0 saturated carbocycles. The molecular formula is C18H19FN4O2. The van der Waals surface area contributed by atoms with E-state index in [0.29, 0.717) is 18.8 Å². The van der Waals surface area contributed by atoms with E-state index in [9.17, 15) is 14.0 Å². The van der Waals surface area contributed by atoms with E-state index in [1.807, 2.05) is 11.0 Å². The first kappa shape index (κ1) is 16.9. The largest absolute Gasteiger partial charge is 0.367 e. The van der Waals surface area contributed by atoms with Crippen LogP contribution in [0.25, 0.3) is 0 Å². The summed E-state index contributed by atoms with van der Waals surface area (Å²) >= 11 is 0. The number of amides is 2. The van der Waals surface area contributed by atoms with Gasteiger partial charge in [-0.15, -0.1) is 0 Å². The molecule has 25 heavy (non-hydrogen) atoms. The maximum Gasteiger partial charge on any atom is 0.274 e. The van der Waals surface area contributed by atoms with Gasteiger partial charge in [0.25, 0.3) is 5.91 Å². The Morgan fingerprint density at radius 1 is 1.04 bits per heavy atom. The van der Waals surface area contributed by atoms with Gasteiger partial charge in [0.1, 0.15) is 11.5 Å². The van der Waals surface area contributed by atoms with E-state index in [4.69, 9.17) is 0 Å². The van der Waals surface area contributed by atoms with E-state index in [1.165, 1.54) is 24.3 Å². The van der Waals surface area contributed by atoms with E-state index >= 15 is 0 Å². The predicted octanol–water partition coefficient (Wildman–Crippen LogP) is 2.14. The molecule has 0 aliphatic carbocycles. The van der Waals surface area contributed by atoms with E-state index in [2.05, 4.69) is 15.2 Å². The summed E-state index contributed by atoms with van der Waals surface area (Å²) in [5, 5.41) is 2.68. The van der Waals surface area contributed by atoms with Gasteiger partial charge in [0.15, 0.2) is 0 Å². The standard InChI is InChI=1S/C18H19FN4O2/c1-13(24)22-8-10-23(11-9-22)16-6-7-17(20-12-16)18(25)21-15-4-2-14(19)3-5-15/h2-7,12H,8-11H2,1H3,(H,21,25). The first-order chi connectivity index (χ1) is 12.0. The Morgan fingerprint density at radius 2 is 1.72 bits per heavy atom. The van der Waals surface area contributed by atoms with Crippen molar-refractivity contribution in [3.8, 4) is 0 Å². The minimum atomic E-state index is -0.356. The molecule has 130 valence electrons. The molecule has 1 saturated heterocycles. The summed E-state index contributed by atoms with van der Waals surface area (Å²) in [7, 11) is 0. The minimum absolute atomic E-state index is 0.0885. The smallest absolute Gasteiger partial charge is 0.274 e. The third-order valence-corrected chi connectivity index (χ3v) is 4.17. The topological polar surface area (TPSA) is 65.5 Å². The Bertz CT molecular complexity index is 754. The number of nitrogens with zero attached hydrogens (tertiary/aromatic N) is 3. The fourth-order valence-electron chi connectivity index (χ4n) is 2.72. The normalized spacial score (nSPS) is 14.3. The highest BCUT2D eigenvalue weighted by Crippen LogP contribution is 2.16. The van der Waals surface area contributed by atoms with E-state index in [-0.39, 0.29) is 23.3 Å². The minimum Gasteiger partial charge on any atom is -0.367 e. The highest BCUT2D eigenvalue weighted by molar-refractivity contribution is 6.02. The summed E-state index contributed by atoms with van der Waals surface area (Å²) in [6, 6.07) is 9.06. The predicted molar refractivity (Wildman–Crippen MR) is 93.1 cm³/mol. The molecule has 1 aromatic heterocycles. The number of hydrogen-bond donors (Lipinski definition) is 1. The molecule has 0 atom stereocenters. The molecule has 1 aliphatic heterocycles. The zero-order chi connectivity index (χ0) is 17.8. The highest BCUT2D eigenvalue weighted by atomic mass is 19.1. The van der Waals surface area contributed by atoms with Gasteiger partial charge in [0.05, 0.1) is 11.9 Å². The lowest BCUT2D eigenvalue weighted by Gasteiger charge is -2.35. The second-order valence-corrected chi connectivity index (χ2v) is 5.86. The molecule has 0 radical (unpaired) electrons. The number of anilines is 2. The first-order valence-electron chi connectivity index (χ1n) is 8.06. The highest BCUT2D eigenvalue weighted by Gasteiger charge is 2.19. The maximum absolute atomic E-state index is 12.9. The van der Waals surface area contributed by atoms with Gasteiger partial charge in [-0.3, -0.25) is 9.59 Å². The zero-order valence-electron chi connectivity index (χ0n) is 13.9. The second kappa shape index (κ2) is 7.29. The molecule has 7 heteroatoms. The van der Waals surface area contributed by atoms with Crippen LogP contribution in [0.2, 0.25) is 0 Å². The van der Waals surface area contributed by atoms with Crippen LogP contribution in [0, 0.1) is 5.82 Å². The fraction of sp³-hybridized carbons (Fsp3) is 0.278. The van der Waals surface area contributed by atoms with Crippen molar-refractivity contribution < 1.29 is 14.0 Å². The Hall–Kier alpha value is -2.96. The van der Waals surface area contributed by atoms with Crippen LogP contribution in [0.5, 0.6) is 0 Å². The van der Waals surface area contributed by atoms with Gasteiger partial charge in [-0.2, -0.15) is 0 Å². The summed E-state index contributed by atoms with van der Waals surface area (Å²) in [4.78, 5) is 31.7. The van der Waals surface area contributed by atoms with Gasteiger partial charge in [0.2, 0.25) is 5.91 Å². The van der Waals surface area contributed by atoms with Crippen molar-refractivity contribution in [2.75, 3.05) is 36.4 Å².